The first kappa shape index (κ1) is 7.79. The molecule has 0 saturated heterocycles. The Morgan fingerprint density at radius 1 is 1.38 bits per heavy atom. The van der Waals surface area contributed by atoms with E-state index in [1.54, 1.807) is 0 Å². The summed E-state index contributed by atoms with van der Waals surface area (Å²) in [5.41, 5.74) is 8.33. The van der Waals surface area contributed by atoms with Gasteiger partial charge < -0.3 is 10.3 Å². The van der Waals surface area contributed by atoms with Gasteiger partial charge >= 0.3 is 0 Å². The Balaban J connectivity index is 2.59. The zero-order valence-corrected chi connectivity index (χ0v) is 7.19. The molecule has 0 amide bonds. The second-order valence-electron chi connectivity index (χ2n) is 2.78. The molecule has 66 valence electrons. The van der Waals surface area contributed by atoms with Crippen molar-refractivity contribution >= 4 is 5.69 Å². The Hall–Kier alpha value is -1.84. The molecule has 2 aromatic rings. The van der Waals surface area contributed by atoms with E-state index in [1.165, 1.54) is 6.33 Å². The van der Waals surface area contributed by atoms with Gasteiger partial charge in [0.05, 0.1) is 5.56 Å². The highest BCUT2D eigenvalue weighted by Crippen LogP contribution is 2.25. The smallest absolute Gasteiger partial charge is 0.259 e. The molecule has 0 saturated carbocycles. The molecule has 0 atom stereocenters. The van der Waals surface area contributed by atoms with Crippen molar-refractivity contribution < 1.29 is 4.52 Å². The summed E-state index contributed by atoms with van der Waals surface area (Å²) >= 11 is 0. The summed E-state index contributed by atoms with van der Waals surface area (Å²) in [4.78, 5) is 3.93. The molecule has 2 N–H and O–H groups in total. The monoisotopic (exact) mass is 175 g/mol. The number of hydrogen-bond acceptors (Lipinski definition) is 4. The predicted molar refractivity (Wildman–Crippen MR) is 48.9 cm³/mol. The van der Waals surface area contributed by atoms with Gasteiger partial charge in [0.15, 0.2) is 6.33 Å². The maximum Gasteiger partial charge on any atom is 0.259 e. The molecule has 0 aliphatic rings. The number of benzene rings is 1. The quantitative estimate of drug-likeness (QED) is 0.669. The van der Waals surface area contributed by atoms with E-state index in [9.17, 15) is 0 Å². The lowest BCUT2D eigenvalue weighted by atomic mass is 10.1. The summed E-state index contributed by atoms with van der Waals surface area (Å²) in [5.74, 6) is 0.459. The predicted octanol–water partition coefficient (Wildman–Crippen LogP) is 1.63. The van der Waals surface area contributed by atoms with E-state index in [2.05, 4.69) is 10.1 Å². The lowest BCUT2D eigenvalue weighted by molar-refractivity contribution is 0.430. The fourth-order valence-corrected chi connectivity index (χ4v) is 1.16. The van der Waals surface area contributed by atoms with E-state index in [-0.39, 0.29) is 0 Å². The van der Waals surface area contributed by atoms with Crippen LogP contribution in [0.25, 0.3) is 11.5 Å². The summed E-state index contributed by atoms with van der Waals surface area (Å²) in [6.45, 7) is 1.94. The number of nitrogens with two attached hydrogens (primary N) is 1. The zero-order chi connectivity index (χ0) is 9.26. The van der Waals surface area contributed by atoms with Crippen LogP contribution in [0.5, 0.6) is 0 Å². The van der Waals surface area contributed by atoms with Crippen LogP contribution in [0, 0.1) is 6.92 Å². The number of rotatable bonds is 1. The maximum absolute atomic E-state index is 5.85. The van der Waals surface area contributed by atoms with Crippen LogP contribution in [0.3, 0.4) is 0 Å². The second kappa shape index (κ2) is 2.90. The maximum atomic E-state index is 5.85. The van der Waals surface area contributed by atoms with Crippen molar-refractivity contribution in [3.63, 3.8) is 0 Å². The van der Waals surface area contributed by atoms with Crippen LogP contribution < -0.4 is 5.73 Å². The highest BCUT2D eigenvalue weighted by molar-refractivity contribution is 5.72. The first-order chi connectivity index (χ1) is 6.29. The van der Waals surface area contributed by atoms with Gasteiger partial charge in [-0.3, -0.25) is 0 Å². The number of hydrogen-bond donors (Lipinski definition) is 1. The van der Waals surface area contributed by atoms with Crippen LogP contribution in [0.4, 0.5) is 5.69 Å². The summed E-state index contributed by atoms with van der Waals surface area (Å²) in [6.07, 6.45) is 1.36. The highest BCUT2D eigenvalue weighted by atomic mass is 16.5. The fourth-order valence-electron chi connectivity index (χ4n) is 1.16. The molecule has 1 aromatic heterocycles. The average Bonchev–Trinajstić information content (AvgIpc) is 2.62. The van der Waals surface area contributed by atoms with E-state index < -0.39 is 0 Å². The molecule has 13 heavy (non-hydrogen) atoms. The van der Waals surface area contributed by atoms with Gasteiger partial charge in [-0.15, -0.1) is 0 Å². The van der Waals surface area contributed by atoms with Crippen molar-refractivity contribution in [3.8, 4) is 11.5 Å². The van der Waals surface area contributed by atoms with Crippen LogP contribution in [0.15, 0.2) is 29.0 Å². The van der Waals surface area contributed by atoms with Crippen LogP contribution in [-0.4, -0.2) is 10.1 Å². The van der Waals surface area contributed by atoms with Gasteiger partial charge in [-0.1, -0.05) is 17.3 Å². The minimum Gasteiger partial charge on any atom is -0.398 e. The third-order valence-electron chi connectivity index (χ3n) is 1.92. The first-order valence-electron chi connectivity index (χ1n) is 3.91. The molecule has 0 radical (unpaired) electrons. The Morgan fingerprint density at radius 3 is 2.92 bits per heavy atom. The minimum atomic E-state index is 0.459. The summed E-state index contributed by atoms with van der Waals surface area (Å²) in [5, 5.41) is 3.53. The lowest BCUT2D eigenvalue weighted by Gasteiger charge is -2.02. The molecule has 1 aromatic carbocycles. The van der Waals surface area contributed by atoms with Crippen LogP contribution >= 0.6 is 0 Å². The van der Waals surface area contributed by atoms with Crippen LogP contribution in [0.1, 0.15) is 5.56 Å². The topological polar surface area (TPSA) is 64.9 Å². The third-order valence-corrected chi connectivity index (χ3v) is 1.92. The van der Waals surface area contributed by atoms with Crippen molar-refractivity contribution in [2.75, 3.05) is 5.73 Å². The fraction of sp³-hybridized carbons (Fsp3) is 0.111. The number of para-hydroxylation sites is 1. The van der Waals surface area contributed by atoms with Crippen LogP contribution in [-0.2, 0) is 0 Å². The van der Waals surface area contributed by atoms with Gasteiger partial charge in [0.25, 0.3) is 5.89 Å². The molecule has 0 fully saturated rings. The van der Waals surface area contributed by atoms with Crippen LogP contribution in [0.2, 0.25) is 0 Å². The minimum absolute atomic E-state index is 0.459. The zero-order valence-electron chi connectivity index (χ0n) is 7.19. The Morgan fingerprint density at radius 2 is 2.23 bits per heavy atom. The Labute approximate surface area is 75.4 Å². The van der Waals surface area contributed by atoms with E-state index >= 15 is 0 Å². The first-order valence-corrected chi connectivity index (χ1v) is 3.91. The Bertz CT molecular complexity index is 409. The van der Waals surface area contributed by atoms with E-state index in [1.807, 2.05) is 25.1 Å². The van der Waals surface area contributed by atoms with Crippen molar-refractivity contribution in [2.45, 2.75) is 6.92 Å². The number of aromatic nitrogens is 2. The van der Waals surface area contributed by atoms with Gasteiger partial charge in [0, 0.05) is 5.69 Å². The van der Waals surface area contributed by atoms with E-state index in [0.717, 1.165) is 11.1 Å². The van der Waals surface area contributed by atoms with Crippen molar-refractivity contribution in [3.05, 3.63) is 30.1 Å². The molecule has 4 heteroatoms. The van der Waals surface area contributed by atoms with Crippen molar-refractivity contribution in [2.24, 2.45) is 0 Å². The molecular formula is C9H9N3O. The molecule has 1 heterocycles. The molecule has 2 rings (SSSR count). The van der Waals surface area contributed by atoms with Gasteiger partial charge in [0.2, 0.25) is 0 Å². The summed E-state index contributed by atoms with van der Waals surface area (Å²) in [7, 11) is 0. The molecule has 0 spiro atoms. The molecule has 0 unspecified atom stereocenters. The average molecular weight is 175 g/mol. The summed E-state index contributed by atoms with van der Waals surface area (Å²) < 4.78 is 4.91. The normalized spacial score (nSPS) is 10.2. The highest BCUT2D eigenvalue weighted by Gasteiger charge is 2.08. The molecule has 0 aliphatic carbocycles. The van der Waals surface area contributed by atoms with Gasteiger partial charge in [-0.2, -0.15) is 4.98 Å². The lowest BCUT2D eigenvalue weighted by Crippen LogP contribution is -1.93. The number of anilines is 1. The summed E-state index contributed by atoms with van der Waals surface area (Å²) in [6, 6.07) is 5.70. The molecule has 0 aliphatic heterocycles. The standard InChI is InChI=1S/C9H9N3O/c1-6-3-2-4-7(8(6)10)9-11-5-12-13-9/h2-5H,10H2,1H3. The van der Waals surface area contributed by atoms with E-state index in [4.69, 9.17) is 10.3 Å². The van der Waals surface area contributed by atoms with Gasteiger partial charge in [-0.25, -0.2) is 0 Å². The number of nitrogen functional groups attached to an aromatic ring is 1. The largest absolute Gasteiger partial charge is 0.398 e. The second-order valence-corrected chi connectivity index (χ2v) is 2.78. The molecule has 0 bridgehead atoms. The van der Waals surface area contributed by atoms with Crippen molar-refractivity contribution in [1.29, 1.82) is 0 Å². The molecule has 4 nitrogen and oxygen atoms in total. The van der Waals surface area contributed by atoms with Gasteiger partial charge in [0.1, 0.15) is 0 Å². The molecular weight excluding hydrogens is 166 g/mol. The van der Waals surface area contributed by atoms with Crippen molar-refractivity contribution in [1.82, 2.24) is 10.1 Å². The number of nitrogens with zero attached hydrogens (tertiary/aromatic N) is 2. The van der Waals surface area contributed by atoms with Gasteiger partial charge in [-0.05, 0) is 18.6 Å². The Kier molecular flexibility index (Phi) is 1.73. The third kappa shape index (κ3) is 1.26. The van der Waals surface area contributed by atoms with E-state index in [0.29, 0.717) is 11.6 Å². The SMILES string of the molecule is Cc1cccc(-c2ncno2)c1N. The number of aryl methyl sites for hydroxylation is 1.